The molecule has 6 rings (SSSR count). The van der Waals surface area contributed by atoms with E-state index in [4.69, 9.17) is 10.7 Å². The molecule has 2 saturated heterocycles. The van der Waals surface area contributed by atoms with Crippen molar-refractivity contribution in [3.63, 3.8) is 0 Å². The SMILES string of the molecule is CCNC(=O)N1C2CC[C@H]1C[C@@H](c1nc3c(-c4ccc(-c5ccccc5F)nc4)cnn3c(N)c1S(C)(=O)=O)C2. The van der Waals surface area contributed by atoms with E-state index in [1.165, 1.54) is 10.6 Å². The number of rotatable bonds is 5. The number of pyridine rings is 1. The van der Waals surface area contributed by atoms with Gasteiger partial charge in [-0.2, -0.15) is 9.61 Å². The molecule has 2 fully saturated rings. The molecular formula is C28H30FN7O3S. The highest BCUT2D eigenvalue weighted by molar-refractivity contribution is 7.91. The van der Waals surface area contributed by atoms with Gasteiger partial charge in [-0.1, -0.05) is 18.2 Å². The Morgan fingerprint density at radius 1 is 1.10 bits per heavy atom. The van der Waals surface area contributed by atoms with Gasteiger partial charge in [-0.3, -0.25) is 4.98 Å². The van der Waals surface area contributed by atoms with Crippen LogP contribution in [0, 0.1) is 5.82 Å². The molecule has 1 aromatic carbocycles. The lowest BCUT2D eigenvalue weighted by atomic mass is 9.88. The Hall–Kier alpha value is -4.06. The molecular weight excluding hydrogens is 533 g/mol. The summed E-state index contributed by atoms with van der Waals surface area (Å²) < 4.78 is 41.6. The van der Waals surface area contributed by atoms with Gasteiger partial charge < -0.3 is 16.0 Å². The molecule has 2 aliphatic rings. The van der Waals surface area contributed by atoms with Crippen LogP contribution < -0.4 is 11.1 Å². The van der Waals surface area contributed by atoms with Crippen molar-refractivity contribution in [1.29, 1.82) is 0 Å². The minimum atomic E-state index is -3.74. The molecule has 0 saturated carbocycles. The zero-order valence-corrected chi connectivity index (χ0v) is 23.0. The summed E-state index contributed by atoms with van der Waals surface area (Å²) >= 11 is 0. The molecule has 4 aromatic rings. The third-order valence-electron chi connectivity index (χ3n) is 7.94. The van der Waals surface area contributed by atoms with Crippen LogP contribution in [0.4, 0.5) is 15.0 Å². The van der Waals surface area contributed by atoms with Gasteiger partial charge in [0, 0.05) is 53.7 Å². The lowest BCUT2D eigenvalue weighted by molar-refractivity contribution is 0.137. The van der Waals surface area contributed by atoms with Gasteiger partial charge in [0.1, 0.15) is 16.5 Å². The molecule has 3 N–H and O–H groups in total. The summed E-state index contributed by atoms with van der Waals surface area (Å²) in [7, 11) is -3.74. The largest absolute Gasteiger partial charge is 0.382 e. The number of sulfone groups is 1. The van der Waals surface area contributed by atoms with E-state index in [1.54, 1.807) is 42.7 Å². The van der Waals surface area contributed by atoms with Gasteiger partial charge in [0.25, 0.3) is 0 Å². The number of nitrogens with two attached hydrogens (primary N) is 1. The first kappa shape index (κ1) is 26.2. The van der Waals surface area contributed by atoms with Crippen molar-refractivity contribution in [3.05, 3.63) is 60.3 Å². The highest BCUT2D eigenvalue weighted by Gasteiger charge is 2.45. The Balaban J connectivity index is 1.42. The molecule has 2 bridgehead atoms. The Morgan fingerprint density at radius 3 is 2.45 bits per heavy atom. The van der Waals surface area contributed by atoms with Gasteiger partial charge in [0.2, 0.25) is 0 Å². The van der Waals surface area contributed by atoms with Crippen molar-refractivity contribution in [2.45, 2.75) is 55.5 Å². The number of carbonyl (C=O) groups is 1. The van der Waals surface area contributed by atoms with E-state index >= 15 is 0 Å². The smallest absolute Gasteiger partial charge is 0.317 e. The number of fused-ring (bicyclic) bond motifs is 3. The lowest BCUT2D eigenvalue weighted by Crippen LogP contribution is -2.50. The van der Waals surface area contributed by atoms with E-state index in [9.17, 15) is 17.6 Å². The second kappa shape index (κ2) is 9.84. The van der Waals surface area contributed by atoms with E-state index in [1.807, 2.05) is 11.8 Å². The number of nitrogens with one attached hydrogen (secondary N) is 1. The fourth-order valence-corrected chi connectivity index (χ4v) is 7.29. The Morgan fingerprint density at radius 2 is 1.82 bits per heavy atom. The topological polar surface area (TPSA) is 136 Å². The molecule has 2 amide bonds. The van der Waals surface area contributed by atoms with Crippen LogP contribution in [-0.2, 0) is 9.84 Å². The van der Waals surface area contributed by atoms with Gasteiger partial charge >= 0.3 is 6.03 Å². The van der Waals surface area contributed by atoms with E-state index in [0.29, 0.717) is 53.1 Å². The van der Waals surface area contributed by atoms with E-state index in [0.717, 1.165) is 19.1 Å². The van der Waals surface area contributed by atoms with Crippen molar-refractivity contribution in [1.82, 2.24) is 29.8 Å². The van der Waals surface area contributed by atoms with Crippen molar-refractivity contribution < 1.29 is 17.6 Å². The highest BCUT2D eigenvalue weighted by Crippen LogP contribution is 2.45. The van der Waals surface area contributed by atoms with E-state index < -0.39 is 9.84 Å². The maximum absolute atomic E-state index is 14.3. The fourth-order valence-electron chi connectivity index (χ4n) is 6.23. The van der Waals surface area contributed by atoms with Crippen LogP contribution in [0.2, 0.25) is 0 Å². The first-order chi connectivity index (χ1) is 19.2. The van der Waals surface area contributed by atoms with Crippen LogP contribution >= 0.6 is 0 Å². The third-order valence-corrected chi connectivity index (χ3v) is 9.10. The second-order valence-corrected chi connectivity index (χ2v) is 12.4. The molecule has 3 aromatic heterocycles. The third kappa shape index (κ3) is 4.36. The number of hydrogen-bond acceptors (Lipinski definition) is 7. The van der Waals surface area contributed by atoms with Crippen LogP contribution in [0.3, 0.4) is 0 Å². The van der Waals surface area contributed by atoms with Crippen LogP contribution in [0.15, 0.2) is 53.7 Å². The van der Waals surface area contributed by atoms with Gasteiger partial charge in [0.05, 0.1) is 17.6 Å². The van der Waals surface area contributed by atoms with Gasteiger partial charge in [-0.25, -0.2) is 22.6 Å². The second-order valence-electron chi connectivity index (χ2n) is 10.5. The molecule has 40 heavy (non-hydrogen) atoms. The predicted molar refractivity (Wildman–Crippen MR) is 149 cm³/mol. The minimum absolute atomic E-state index is 0.00136. The first-order valence-corrected chi connectivity index (χ1v) is 15.2. The number of nitrogens with zero attached hydrogens (tertiary/aromatic N) is 5. The molecule has 2 aliphatic heterocycles. The number of nitrogen functional groups attached to an aromatic ring is 1. The van der Waals surface area contributed by atoms with Crippen molar-refractivity contribution in [2.75, 3.05) is 18.5 Å². The molecule has 0 spiro atoms. The number of amides is 2. The first-order valence-electron chi connectivity index (χ1n) is 13.3. The number of halogens is 1. The summed E-state index contributed by atoms with van der Waals surface area (Å²) in [6.45, 7) is 2.43. The summed E-state index contributed by atoms with van der Waals surface area (Å²) in [5.41, 5.74) is 9.49. The van der Waals surface area contributed by atoms with Crippen molar-refractivity contribution >= 4 is 27.3 Å². The quantitative estimate of drug-likeness (QED) is 0.374. The van der Waals surface area contributed by atoms with Crippen molar-refractivity contribution in [3.8, 4) is 22.4 Å². The van der Waals surface area contributed by atoms with Crippen LogP contribution in [0.25, 0.3) is 28.0 Å². The Bertz CT molecular complexity index is 1710. The predicted octanol–water partition coefficient (Wildman–Crippen LogP) is 4.02. The fraction of sp³-hybridized carbons (Fsp3) is 0.357. The van der Waals surface area contributed by atoms with Gasteiger partial charge in [-0.15, -0.1) is 0 Å². The van der Waals surface area contributed by atoms with Gasteiger partial charge in [-0.05, 0) is 50.8 Å². The monoisotopic (exact) mass is 563 g/mol. The number of urea groups is 1. The van der Waals surface area contributed by atoms with E-state index in [-0.39, 0.29) is 40.6 Å². The normalized spacial score (nSPS) is 20.7. The number of piperidine rings is 1. The minimum Gasteiger partial charge on any atom is -0.382 e. The summed E-state index contributed by atoms with van der Waals surface area (Å²) in [6.07, 6.45) is 7.25. The van der Waals surface area contributed by atoms with Crippen molar-refractivity contribution in [2.24, 2.45) is 0 Å². The van der Waals surface area contributed by atoms with Gasteiger partial charge in [0.15, 0.2) is 15.5 Å². The number of hydrogen-bond donors (Lipinski definition) is 2. The number of benzene rings is 1. The molecule has 12 heteroatoms. The summed E-state index contributed by atoms with van der Waals surface area (Å²) in [4.78, 5) is 23.9. The zero-order valence-electron chi connectivity index (χ0n) is 22.2. The molecule has 0 aliphatic carbocycles. The van der Waals surface area contributed by atoms with Crippen LogP contribution in [-0.4, -0.2) is 63.8 Å². The molecule has 3 atom stereocenters. The maximum atomic E-state index is 14.3. The number of carbonyl (C=O) groups excluding carboxylic acids is 1. The number of anilines is 1. The maximum Gasteiger partial charge on any atom is 0.317 e. The average Bonchev–Trinajstić information content (AvgIpc) is 3.46. The number of aromatic nitrogens is 4. The lowest BCUT2D eigenvalue weighted by Gasteiger charge is -2.39. The summed E-state index contributed by atoms with van der Waals surface area (Å²) in [5, 5.41) is 7.26. The molecule has 0 radical (unpaired) electrons. The average molecular weight is 564 g/mol. The van der Waals surface area contributed by atoms with E-state index in [2.05, 4.69) is 15.4 Å². The summed E-state index contributed by atoms with van der Waals surface area (Å²) in [5.74, 6) is -0.550. The Kier molecular flexibility index (Phi) is 6.44. The zero-order chi connectivity index (χ0) is 28.2. The molecule has 1 unspecified atom stereocenters. The summed E-state index contributed by atoms with van der Waals surface area (Å²) in [6, 6.07) is 9.88. The standard InChI is InChI=1S/C28H30FN7O3S/c1-3-31-28(37)35-18-9-10-19(35)13-17(12-18)24-25(40(2,38)39)26(30)36-27(34-24)21(15-33-36)16-8-11-23(32-14-16)20-6-4-5-7-22(20)29/h4-8,11,14-15,17-19H,3,9-10,12-13,30H2,1-2H3,(H,31,37)/t17-,18+,19?/m1/s1. The Labute approximate surface area is 231 Å². The molecule has 5 heterocycles. The molecule has 208 valence electrons. The van der Waals surface area contributed by atoms with Crippen LogP contribution in [0.1, 0.15) is 44.2 Å². The highest BCUT2D eigenvalue weighted by atomic mass is 32.2. The van der Waals surface area contributed by atoms with Crippen LogP contribution in [0.5, 0.6) is 0 Å². The molecule has 10 nitrogen and oxygen atoms in total.